The molecular formula is C14H21IN2O. The summed E-state index contributed by atoms with van der Waals surface area (Å²) in [6.45, 7) is 6.72. The van der Waals surface area contributed by atoms with Crippen molar-refractivity contribution < 1.29 is 4.79 Å². The Morgan fingerprint density at radius 3 is 2.50 bits per heavy atom. The molecule has 1 aromatic carbocycles. The molecule has 0 aliphatic heterocycles. The van der Waals surface area contributed by atoms with Crippen molar-refractivity contribution in [2.24, 2.45) is 0 Å². The molecule has 0 aliphatic rings. The largest absolute Gasteiger partial charge is 0.325 e. The van der Waals surface area contributed by atoms with Crippen molar-refractivity contribution in [1.29, 1.82) is 0 Å². The Kier molecular flexibility index (Phi) is 7.27. The van der Waals surface area contributed by atoms with Crippen molar-refractivity contribution in [3.63, 3.8) is 0 Å². The Bertz CT molecular complexity index is 376. The van der Waals surface area contributed by atoms with E-state index in [2.05, 4.69) is 46.7 Å². The minimum atomic E-state index is 0.0684. The van der Waals surface area contributed by atoms with Gasteiger partial charge in [-0.2, -0.15) is 0 Å². The minimum absolute atomic E-state index is 0.0684. The van der Waals surface area contributed by atoms with Crippen LogP contribution in [0.3, 0.4) is 0 Å². The zero-order chi connectivity index (χ0) is 13.4. The first kappa shape index (κ1) is 15.4. The molecule has 1 N–H and O–H groups in total. The van der Waals surface area contributed by atoms with Gasteiger partial charge in [-0.1, -0.05) is 19.9 Å². The van der Waals surface area contributed by atoms with Crippen LogP contribution in [0, 0.1) is 3.57 Å². The molecule has 3 nitrogen and oxygen atoms in total. The summed E-state index contributed by atoms with van der Waals surface area (Å²) in [7, 11) is 0. The molecule has 1 aromatic rings. The fourth-order valence-corrected chi connectivity index (χ4v) is 2.42. The van der Waals surface area contributed by atoms with Gasteiger partial charge in [0.05, 0.1) is 6.54 Å². The Hall–Kier alpha value is -0.620. The fourth-order valence-electron chi connectivity index (χ4n) is 1.87. The van der Waals surface area contributed by atoms with E-state index in [4.69, 9.17) is 0 Å². The van der Waals surface area contributed by atoms with Gasteiger partial charge in [0.25, 0.3) is 0 Å². The highest BCUT2D eigenvalue weighted by atomic mass is 127. The molecule has 4 heteroatoms. The van der Waals surface area contributed by atoms with E-state index in [-0.39, 0.29) is 5.91 Å². The summed E-state index contributed by atoms with van der Waals surface area (Å²) in [5.41, 5.74) is 0.875. The van der Waals surface area contributed by atoms with E-state index in [0.717, 1.165) is 35.2 Å². The van der Waals surface area contributed by atoms with Gasteiger partial charge in [-0.05, 0) is 66.7 Å². The second-order valence-electron chi connectivity index (χ2n) is 4.33. The molecule has 0 atom stereocenters. The highest BCUT2D eigenvalue weighted by Crippen LogP contribution is 2.12. The summed E-state index contributed by atoms with van der Waals surface area (Å²) >= 11 is 2.24. The third-order valence-corrected chi connectivity index (χ3v) is 3.23. The van der Waals surface area contributed by atoms with Crippen LogP contribution >= 0.6 is 22.6 Å². The number of amides is 1. The quantitative estimate of drug-likeness (QED) is 0.757. The third-order valence-electron chi connectivity index (χ3n) is 2.56. The SMILES string of the molecule is CCCN(CCC)CC(=O)Nc1cccc(I)c1. The number of hydrogen-bond donors (Lipinski definition) is 1. The standard InChI is InChI=1S/C14H21IN2O/c1-3-8-17(9-4-2)11-14(18)16-13-7-5-6-12(15)10-13/h5-7,10H,3-4,8-9,11H2,1-2H3,(H,16,18). The van der Waals surface area contributed by atoms with Crippen LogP contribution in [0.25, 0.3) is 0 Å². The number of hydrogen-bond acceptors (Lipinski definition) is 2. The number of nitrogens with one attached hydrogen (secondary N) is 1. The molecule has 0 aliphatic carbocycles. The summed E-state index contributed by atoms with van der Waals surface area (Å²) in [5, 5.41) is 2.94. The monoisotopic (exact) mass is 360 g/mol. The summed E-state index contributed by atoms with van der Waals surface area (Å²) in [6, 6.07) is 7.86. The Labute approximate surface area is 123 Å². The second kappa shape index (κ2) is 8.48. The number of anilines is 1. The molecule has 0 fully saturated rings. The normalized spacial score (nSPS) is 10.7. The number of carbonyl (C=O) groups is 1. The van der Waals surface area contributed by atoms with E-state index in [1.807, 2.05) is 24.3 Å². The first-order valence-electron chi connectivity index (χ1n) is 6.43. The first-order chi connectivity index (χ1) is 8.65. The molecular weight excluding hydrogens is 339 g/mol. The second-order valence-corrected chi connectivity index (χ2v) is 5.58. The van der Waals surface area contributed by atoms with E-state index in [1.165, 1.54) is 0 Å². The predicted octanol–water partition coefficient (Wildman–Crippen LogP) is 3.35. The van der Waals surface area contributed by atoms with Gasteiger partial charge in [-0.15, -0.1) is 0 Å². The van der Waals surface area contributed by atoms with E-state index in [9.17, 15) is 4.79 Å². The fraction of sp³-hybridized carbons (Fsp3) is 0.500. The Balaban J connectivity index is 2.49. The van der Waals surface area contributed by atoms with E-state index in [0.29, 0.717) is 6.54 Å². The maximum absolute atomic E-state index is 11.9. The topological polar surface area (TPSA) is 32.3 Å². The van der Waals surface area contributed by atoms with Gasteiger partial charge in [0, 0.05) is 9.26 Å². The average molecular weight is 360 g/mol. The van der Waals surface area contributed by atoms with Crippen molar-refractivity contribution in [1.82, 2.24) is 4.90 Å². The van der Waals surface area contributed by atoms with Gasteiger partial charge in [0.2, 0.25) is 5.91 Å². The lowest BCUT2D eigenvalue weighted by Crippen LogP contribution is -2.34. The molecule has 0 heterocycles. The lowest BCUT2D eigenvalue weighted by atomic mass is 10.3. The van der Waals surface area contributed by atoms with Gasteiger partial charge < -0.3 is 5.32 Å². The van der Waals surface area contributed by atoms with Crippen LogP contribution in [0.4, 0.5) is 5.69 Å². The maximum Gasteiger partial charge on any atom is 0.238 e. The van der Waals surface area contributed by atoms with Crippen LogP contribution in [-0.4, -0.2) is 30.4 Å². The number of rotatable bonds is 7. The Morgan fingerprint density at radius 1 is 1.28 bits per heavy atom. The van der Waals surface area contributed by atoms with E-state index >= 15 is 0 Å². The molecule has 0 saturated heterocycles. The van der Waals surface area contributed by atoms with Crippen LogP contribution < -0.4 is 5.32 Å². The molecule has 0 saturated carbocycles. The molecule has 0 radical (unpaired) electrons. The van der Waals surface area contributed by atoms with Crippen molar-refractivity contribution in [2.45, 2.75) is 26.7 Å². The van der Waals surface area contributed by atoms with Crippen LogP contribution in [0.5, 0.6) is 0 Å². The predicted molar refractivity (Wildman–Crippen MR) is 84.8 cm³/mol. The number of nitrogens with zero attached hydrogens (tertiary/aromatic N) is 1. The van der Waals surface area contributed by atoms with Crippen molar-refractivity contribution >= 4 is 34.2 Å². The highest BCUT2D eigenvalue weighted by molar-refractivity contribution is 14.1. The number of benzene rings is 1. The third kappa shape index (κ3) is 5.82. The zero-order valence-corrected chi connectivity index (χ0v) is 13.2. The zero-order valence-electron chi connectivity index (χ0n) is 11.1. The van der Waals surface area contributed by atoms with Crippen LogP contribution in [0.1, 0.15) is 26.7 Å². The Morgan fingerprint density at radius 2 is 1.94 bits per heavy atom. The summed E-state index contributed by atoms with van der Waals surface area (Å²) in [5.74, 6) is 0.0684. The van der Waals surface area contributed by atoms with Gasteiger partial charge in [-0.3, -0.25) is 9.69 Å². The van der Waals surface area contributed by atoms with Gasteiger partial charge in [0.15, 0.2) is 0 Å². The lowest BCUT2D eigenvalue weighted by molar-refractivity contribution is -0.117. The molecule has 100 valence electrons. The molecule has 0 unspecified atom stereocenters. The molecule has 1 amide bonds. The molecule has 18 heavy (non-hydrogen) atoms. The van der Waals surface area contributed by atoms with Gasteiger partial charge in [0.1, 0.15) is 0 Å². The van der Waals surface area contributed by atoms with Crippen molar-refractivity contribution in [3.8, 4) is 0 Å². The van der Waals surface area contributed by atoms with Crippen molar-refractivity contribution in [3.05, 3.63) is 27.8 Å². The maximum atomic E-state index is 11.9. The van der Waals surface area contributed by atoms with Gasteiger partial charge in [-0.25, -0.2) is 0 Å². The van der Waals surface area contributed by atoms with Crippen LogP contribution in [0.2, 0.25) is 0 Å². The number of carbonyl (C=O) groups excluding carboxylic acids is 1. The first-order valence-corrected chi connectivity index (χ1v) is 7.51. The summed E-state index contributed by atoms with van der Waals surface area (Å²) in [6.07, 6.45) is 2.16. The lowest BCUT2D eigenvalue weighted by Gasteiger charge is -2.20. The van der Waals surface area contributed by atoms with Crippen LogP contribution in [-0.2, 0) is 4.79 Å². The van der Waals surface area contributed by atoms with Gasteiger partial charge >= 0.3 is 0 Å². The highest BCUT2D eigenvalue weighted by Gasteiger charge is 2.09. The molecule has 0 aromatic heterocycles. The average Bonchev–Trinajstić information content (AvgIpc) is 2.29. The van der Waals surface area contributed by atoms with E-state index in [1.54, 1.807) is 0 Å². The summed E-state index contributed by atoms with van der Waals surface area (Å²) < 4.78 is 1.13. The molecule has 1 rings (SSSR count). The summed E-state index contributed by atoms with van der Waals surface area (Å²) in [4.78, 5) is 14.1. The van der Waals surface area contributed by atoms with Crippen molar-refractivity contribution in [2.75, 3.05) is 25.0 Å². The minimum Gasteiger partial charge on any atom is -0.325 e. The number of halogens is 1. The smallest absolute Gasteiger partial charge is 0.238 e. The van der Waals surface area contributed by atoms with E-state index < -0.39 is 0 Å². The molecule has 0 spiro atoms. The van der Waals surface area contributed by atoms with Crippen LogP contribution in [0.15, 0.2) is 24.3 Å². The molecule has 0 bridgehead atoms.